The predicted molar refractivity (Wildman–Crippen MR) is 61.3 cm³/mol. The van der Waals surface area contributed by atoms with E-state index in [1.165, 1.54) is 21.9 Å². The summed E-state index contributed by atoms with van der Waals surface area (Å²) >= 11 is 0. The molecule has 1 aromatic rings. The third-order valence-corrected chi connectivity index (χ3v) is 2.97. The summed E-state index contributed by atoms with van der Waals surface area (Å²) in [5.74, 6) is -0.0673. The fourth-order valence-corrected chi connectivity index (χ4v) is 1.93. The highest BCUT2D eigenvalue weighted by atomic mass is 16.3. The Labute approximate surface area is 99.3 Å². The lowest BCUT2D eigenvalue weighted by Gasteiger charge is -2.36. The molecule has 1 aliphatic heterocycles. The topological polar surface area (TPSA) is 60.9 Å². The first-order valence-corrected chi connectivity index (χ1v) is 5.30. The van der Waals surface area contributed by atoms with E-state index in [2.05, 4.69) is 0 Å². The number of carbonyl (C=O) groups is 2. The Morgan fingerprint density at radius 1 is 1.18 bits per heavy atom. The minimum absolute atomic E-state index is 0.0924. The average molecular weight is 234 g/mol. The van der Waals surface area contributed by atoms with Crippen LogP contribution in [0.2, 0.25) is 0 Å². The van der Waals surface area contributed by atoms with Crippen LogP contribution in [-0.4, -0.2) is 47.4 Å². The van der Waals surface area contributed by atoms with Gasteiger partial charge in [0, 0.05) is 14.1 Å². The normalized spacial score (nSPS) is 20.9. The average Bonchev–Trinajstić information content (AvgIpc) is 2.29. The number of nitrogens with zero attached hydrogens (tertiary/aromatic N) is 2. The van der Waals surface area contributed by atoms with Crippen LogP contribution in [0.25, 0.3) is 0 Å². The van der Waals surface area contributed by atoms with Gasteiger partial charge in [-0.15, -0.1) is 0 Å². The fraction of sp³-hybridized carbons (Fsp3) is 0.333. The maximum atomic E-state index is 12.0. The van der Waals surface area contributed by atoms with Crippen molar-refractivity contribution in [3.8, 4) is 5.75 Å². The molecule has 0 spiro atoms. The maximum Gasteiger partial charge on any atom is 0.250 e. The highest BCUT2D eigenvalue weighted by Gasteiger charge is 2.36. The van der Waals surface area contributed by atoms with Crippen LogP contribution < -0.4 is 0 Å². The molecule has 5 nitrogen and oxygen atoms in total. The first-order valence-electron chi connectivity index (χ1n) is 5.30. The summed E-state index contributed by atoms with van der Waals surface area (Å²) in [4.78, 5) is 26.6. The van der Waals surface area contributed by atoms with Crippen LogP contribution in [0.5, 0.6) is 5.75 Å². The number of hydrogen-bond acceptors (Lipinski definition) is 3. The monoisotopic (exact) mass is 234 g/mol. The fourth-order valence-electron chi connectivity index (χ4n) is 1.93. The van der Waals surface area contributed by atoms with Gasteiger partial charge in [-0.3, -0.25) is 9.59 Å². The third kappa shape index (κ3) is 1.95. The minimum atomic E-state index is -0.596. The number of phenols is 1. The van der Waals surface area contributed by atoms with Gasteiger partial charge in [0.2, 0.25) is 11.8 Å². The van der Waals surface area contributed by atoms with Crippen molar-refractivity contribution in [1.29, 1.82) is 0 Å². The van der Waals surface area contributed by atoms with E-state index >= 15 is 0 Å². The maximum absolute atomic E-state index is 12.0. The summed E-state index contributed by atoms with van der Waals surface area (Å²) in [5, 5.41) is 9.21. The Morgan fingerprint density at radius 2 is 1.76 bits per heavy atom. The molecule has 0 radical (unpaired) electrons. The Bertz CT molecular complexity index is 455. The van der Waals surface area contributed by atoms with E-state index in [1.54, 1.807) is 26.2 Å². The number of hydrogen-bond donors (Lipinski definition) is 1. The summed E-state index contributed by atoms with van der Waals surface area (Å²) in [5.41, 5.74) is 0.704. The number of piperazine rings is 1. The number of benzene rings is 1. The van der Waals surface area contributed by atoms with Gasteiger partial charge in [0.15, 0.2) is 0 Å². The van der Waals surface area contributed by atoms with Gasteiger partial charge in [-0.05, 0) is 17.7 Å². The summed E-state index contributed by atoms with van der Waals surface area (Å²) in [6.07, 6.45) is 0. The molecule has 1 saturated heterocycles. The number of aromatic hydroxyl groups is 1. The molecule has 1 heterocycles. The number of phenolic OH excluding ortho intramolecular Hbond substituents is 1. The Morgan fingerprint density at radius 3 is 2.35 bits per heavy atom. The highest BCUT2D eigenvalue weighted by Crippen LogP contribution is 2.26. The number of rotatable bonds is 1. The zero-order valence-corrected chi connectivity index (χ0v) is 9.75. The van der Waals surface area contributed by atoms with Gasteiger partial charge in [-0.2, -0.15) is 0 Å². The van der Waals surface area contributed by atoms with E-state index < -0.39 is 6.04 Å². The molecule has 2 amide bonds. The second-order valence-electron chi connectivity index (χ2n) is 4.19. The van der Waals surface area contributed by atoms with Crippen LogP contribution in [-0.2, 0) is 9.59 Å². The first-order chi connectivity index (χ1) is 8.00. The molecule has 0 aromatic heterocycles. The smallest absolute Gasteiger partial charge is 0.250 e. The molecule has 5 heteroatoms. The van der Waals surface area contributed by atoms with E-state index in [1.807, 2.05) is 0 Å². The van der Waals surface area contributed by atoms with E-state index in [0.29, 0.717) is 5.56 Å². The van der Waals surface area contributed by atoms with Crippen molar-refractivity contribution in [1.82, 2.24) is 9.80 Å². The predicted octanol–water partition coefficient (Wildman–Crippen LogP) is 0.364. The lowest BCUT2D eigenvalue weighted by molar-refractivity contribution is -0.153. The second kappa shape index (κ2) is 4.08. The Hall–Kier alpha value is -2.04. The van der Waals surface area contributed by atoms with Gasteiger partial charge < -0.3 is 14.9 Å². The van der Waals surface area contributed by atoms with E-state index in [-0.39, 0.29) is 24.1 Å². The standard InChI is InChI=1S/C12H14N2O3/c1-13-7-10(16)14(2)11(12(13)17)8-3-5-9(15)6-4-8/h3-6,11,15H,7H2,1-2H3/t11-/m0/s1. The molecule has 1 aromatic carbocycles. The zero-order valence-electron chi connectivity index (χ0n) is 9.75. The van der Waals surface area contributed by atoms with Gasteiger partial charge >= 0.3 is 0 Å². The molecule has 2 rings (SSSR count). The summed E-state index contributed by atoms with van der Waals surface area (Å²) in [6.45, 7) is 0.115. The van der Waals surface area contributed by atoms with Crippen molar-refractivity contribution in [3.05, 3.63) is 29.8 Å². The Balaban J connectivity index is 2.37. The molecule has 1 atom stereocenters. The molecule has 0 aliphatic carbocycles. The van der Waals surface area contributed by atoms with E-state index in [9.17, 15) is 14.7 Å². The van der Waals surface area contributed by atoms with Crippen LogP contribution in [0.1, 0.15) is 11.6 Å². The second-order valence-corrected chi connectivity index (χ2v) is 4.19. The van der Waals surface area contributed by atoms with Gasteiger partial charge in [0.05, 0.1) is 6.54 Å². The number of carbonyl (C=O) groups excluding carboxylic acids is 2. The van der Waals surface area contributed by atoms with Crippen molar-refractivity contribution in [2.75, 3.05) is 20.6 Å². The summed E-state index contributed by atoms with van der Waals surface area (Å²) in [6, 6.07) is 5.73. The van der Waals surface area contributed by atoms with Crippen LogP contribution in [0.3, 0.4) is 0 Å². The molecular formula is C12H14N2O3. The molecule has 1 N–H and O–H groups in total. The minimum Gasteiger partial charge on any atom is -0.508 e. The molecule has 1 fully saturated rings. The van der Waals surface area contributed by atoms with Crippen molar-refractivity contribution in [3.63, 3.8) is 0 Å². The van der Waals surface area contributed by atoms with Gasteiger partial charge in [-0.1, -0.05) is 12.1 Å². The lowest BCUT2D eigenvalue weighted by Crippen LogP contribution is -2.52. The van der Waals surface area contributed by atoms with Gasteiger partial charge in [0.25, 0.3) is 0 Å². The quantitative estimate of drug-likeness (QED) is 0.763. The van der Waals surface area contributed by atoms with E-state index in [4.69, 9.17) is 0 Å². The SMILES string of the molecule is CN1CC(=O)N(C)[C@@H](c2ccc(O)cc2)C1=O. The van der Waals surface area contributed by atoms with Crippen molar-refractivity contribution < 1.29 is 14.7 Å². The van der Waals surface area contributed by atoms with E-state index in [0.717, 1.165) is 0 Å². The van der Waals surface area contributed by atoms with Crippen molar-refractivity contribution in [2.45, 2.75) is 6.04 Å². The van der Waals surface area contributed by atoms with Crippen LogP contribution >= 0.6 is 0 Å². The lowest BCUT2D eigenvalue weighted by atomic mass is 10.0. The molecule has 0 saturated carbocycles. The molecule has 0 bridgehead atoms. The van der Waals surface area contributed by atoms with Crippen LogP contribution in [0, 0.1) is 0 Å². The number of likely N-dealkylation sites (N-methyl/N-ethyl adjacent to an activating group) is 2. The largest absolute Gasteiger partial charge is 0.508 e. The number of amides is 2. The summed E-state index contributed by atoms with van der Waals surface area (Å²) in [7, 11) is 3.23. The molecule has 1 aliphatic rings. The molecule has 17 heavy (non-hydrogen) atoms. The Kier molecular flexibility index (Phi) is 2.75. The third-order valence-electron chi connectivity index (χ3n) is 2.97. The zero-order chi connectivity index (χ0) is 12.6. The van der Waals surface area contributed by atoms with Gasteiger partial charge in [-0.25, -0.2) is 0 Å². The molecule has 90 valence electrons. The highest BCUT2D eigenvalue weighted by molar-refractivity contribution is 5.95. The molecular weight excluding hydrogens is 220 g/mol. The van der Waals surface area contributed by atoms with Crippen molar-refractivity contribution >= 4 is 11.8 Å². The van der Waals surface area contributed by atoms with Gasteiger partial charge in [0.1, 0.15) is 11.8 Å². The molecule has 0 unspecified atom stereocenters. The first kappa shape index (κ1) is 11.4. The van der Waals surface area contributed by atoms with Crippen molar-refractivity contribution in [2.24, 2.45) is 0 Å². The van der Waals surface area contributed by atoms with Crippen LogP contribution in [0.4, 0.5) is 0 Å². The summed E-state index contributed by atoms with van der Waals surface area (Å²) < 4.78 is 0. The van der Waals surface area contributed by atoms with Crippen LogP contribution in [0.15, 0.2) is 24.3 Å².